The van der Waals surface area contributed by atoms with E-state index in [0.29, 0.717) is 11.3 Å². The van der Waals surface area contributed by atoms with Crippen LogP contribution < -0.4 is 0 Å². The normalized spacial score (nSPS) is 11.7. The maximum atomic E-state index is 14.5. The van der Waals surface area contributed by atoms with Crippen LogP contribution in [0.3, 0.4) is 0 Å². The topological polar surface area (TPSA) is 75.7 Å². The van der Waals surface area contributed by atoms with Gasteiger partial charge in [-0.15, -0.1) is 0 Å². The summed E-state index contributed by atoms with van der Waals surface area (Å²) in [6, 6.07) is 4.91. The molecule has 1 N–H and O–H groups in total. The van der Waals surface area contributed by atoms with Gasteiger partial charge in [0.05, 0.1) is 11.1 Å². The summed E-state index contributed by atoms with van der Waals surface area (Å²) in [7, 11) is -3.55. The van der Waals surface area contributed by atoms with Gasteiger partial charge < -0.3 is 4.98 Å². The number of benzene rings is 1. The number of aromatic nitrogens is 3. The molecule has 0 aliphatic rings. The van der Waals surface area contributed by atoms with Crippen LogP contribution in [0, 0.1) is 18.6 Å². The van der Waals surface area contributed by atoms with Crippen molar-refractivity contribution in [2.24, 2.45) is 0 Å². The maximum Gasteiger partial charge on any atom is 0.175 e. The summed E-state index contributed by atoms with van der Waals surface area (Å²) in [6.45, 7) is 1.56. The number of pyridine rings is 1. The molecular weight excluding hydrogens is 372 g/mol. The molecule has 3 rings (SSSR count). The molecule has 0 bridgehead atoms. The van der Waals surface area contributed by atoms with Crippen LogP contribution in [0.4, 0.5) is 8.78 Å². The van der Waals surface area contributed by atoms with E-state index in [0.717, 1.165) is 18.5 Å². The quantitative estimate of drug-likeness (QED) is 0.746. The number of imidazole rings is 1. The van der Waals surface area contributed by atoms with Gasteiger partial charge in [0.2, 0.25) is 0 Å². The molecular formula is C16H12ClF2N3O2S. The van der Waals surface area contributed by atoms with Crippen molar-refractivity contribution in [3.05, 3.63) is 52.8 Å². The van der Waals surface area contributed by atoms with Crippen LogP contribution in [0.1, 0.15) is 5.56 Å². The molecule has 0 fully saturated rings. The van der Waals surface area contributed by atoms with E-state index in [2.05, 4.69) is 15.0 Å². The third kappa shape index (κ3) is 3.40. The van der Waals surface area contributed by atoms with E-state index in [1.54, 1.807) is 6.92 Å². The lowest BCUT2D eigenvalue weighted by atomic mass is 10.1. The molecule has 0 spiro atoms. The second kappa shape index (κ2) is 6.20. The Bertz CT molecular complexity index is 1040. The molecule has 0 amide bonds. The standard InChI is InChI=1S/C16H12ClF2N3O2S/c1-8-5-10(25(2,23)24)6-11(19)13(8)14-15(17)22-16(21-14)12-4-3-9(18)7-20-12/h3-7H,1-2H3,(H,21,22). The first-order valence-electron chi connectivity index (χ1n) is 7.05. The molecule has 2 aromatic heterocycles. The highest BCUT2D eigenvalue weighted by atomic mass is 35.5. The number of hydrogen-bond donors (Lipinski definition) is 1. The Balaban J connectivity index is 2.13. The third-order valence-corrected chi connectivity index (χ3v) is 4.92. The first-order valence-corrected chi connectivity index (χ1v) is 9.32. The summed E-state index contributed by atoms with van der Waals surface area (Å²) in [6.07, 6.45) is 2.03. The molecule has 25 heavy (non-hydrogen) atoms. The van der Waals surface area contributed by atoms with Gasteiger partial charge in [-0.05, 0) is 36.8 Å². The lowest BCUT2D eigenvalue weighted by Gasteiger charge is -2.08. The van der Waals surface area contributed by atoms with Crippen LogP contribution in [0.2, 0.25) is 5.15 Å². The van der Waals surface area contributed by atoms with Gasteiger partial charge in [-0.3, -0.25) is 0 Å². The lowest BCUT2D eigenvalue weighted by Crippen LogP contribution is -2.01. The van der Waals surface area contributed by atoms with E-state index < -0.39 is 21.5 Å². The predicted molar refractivity (Wildman–Crippen MR) is 90.0 cm³/mol. The van der Waals surface area contributed by atoms with E-state index >= 15 is 0 Å². The highest BCUT2D eigenvalue weighted by Gasteiger charge is 2.21. The summed E-state index contributed by atoms with van der Waals surface area (Å²) in [5.41, 5.74) is 0.910. The first kappa shape index (κ1) is 17.5. The number of sulfone groups is 1. The van der Waals surface area contributed by atoms with Crippen molar-refractivity contribution in [3.8, 4) is 22.8 Å². The molecule has 0 unspecified atom stereocenters. The summed E-state index contributed by atoms with van der Waals surface area (Å²) in [4.78, 5) is 10.8. The predicted octanol–water partition coefficient (Wildman–Crippen LogP) is 3.78. The lowest BCUT2D eigenvalue weighted by molar-refractivity contribution is 0.596. The first-order chi connectivity index (χ1) is 11.7. The van der Waals surface area contributed by atoms with Crippen molar-refractivity contribution in [2.75, 3.05) is 6.26 Å². The largest absolute Gasteiger partial charge is 0.327 e. The Kier molecular flexibility index (Phi) is 4.34. The Morgan fingerprint density at radius 3 is 2.48 bits per heavy atom. The number of aryl methyl sites for hydroxylation is 1. The molecule has 130 valence electrons. The highest BCUT2D eigenvalue weighted by Crippen LogP contribution is 2.34. The van der Waals surface area contributed by atoms with E-state index in [-0.39, 0.29) is 27.1 Å². The number of hydrogen-bond acceptors (Lipinski definition) is 4. The Hall–Kier alpha value is -2.32. The molecule has 9 heteroatoms. The number of nitrogens with zero attached hydrogens (tertiary/aromatic N) is 2. The summed E-state index contributed by atoms with van der Waals surface area (Å²) in [5, 5.41) is 0.0650. The molecule has 0 saturated heterocycles. The molecule has 5 nitrogen and oxygen atoms in total. The van der Waals surface area contributed by atoms with Gasteiger partial charge in [0.1, 0.15) is 28.2 Å². The van der Waals surface area contributed by atoms with Crippen LogP contribution >= 0.6 is 11.6 Å². The van der Waals surface area contributed by atoms with Crippen LogP contribution in [0.25, 0.3) is 22.8 Å². The highest BCUT2D eigenvalue weighted by molar-refractivity contribution is 7.90. The fourth-order valence-electron chi connectivity index (χ4n) is 2.38. The van der Waals surface area contributed by atoms with Crippen LogP contribution in [-0.2, 0) is 9.84 Å². The van der Waals surface area contributed by atoms with E-state index in [1.165, 1.54) is 18.2 Å². The van der Waals surface area contributed by atoms with E-state index in [4.69, 9.17) is 11.6 Å². The summed E-state index contributed by atoms with van der Waals surface area (Å²) < 4.78 is 50.7. The third-order valence-electron chi connectivity index (χ3n) is 3.56. The maximum absolute atomic E-state index is 14.5. The Labute approximate surface area is 147 Å². The SMILES string of the molecule is Cc1cc(S(C)(=O)=O)cc(F)c1-c1nc(-c2ccc(F)cn2)[nH]c1Cl. The number of nitrogens with one attached hydrogen (secondary N) is 1. The van der Waals surface area contributed by atoms with Gasteiger partial charge in [-0.25, -0.2) is 27.2 Å². The van der Waals surface area contributed by atoms with Gasteiger partial charge in [-0.2, -0.15) is 0 Å². The minimum atomic E-state index is -3.55. The monoisotopic (exact) mass is 383 g/mol. The molecule has 0 radical (unpaired) electrons. The van der Waals surface area contributed by atoms with Crippen LogP contribution in [-0.4, -0.2) is 29.6 Å². The minimum absolute atomic E-state index is 0.0650. The molecule has 0 atom stereocenters. The number of rotatable bonds is 3. The second-order valence-electron chi connectivity index (χ2n) is 5.48. The van der Waals surface area contributed by atoms with Crippen molar-refractivity contribution >= 4 is 21.4 Å². The molecule has 1 aromatic carbocycles. The van der Waals surface area contributed by atoms with Crippen molar-refractivity contribution in [3.63, 3.8) is 0 Å². The van der Waals surface area contributed by atoms with Crippen LogP contribution in [0.5, 0.6) is 0 Å². The van der Waals surface area contributed by atoms with E-state index in [9.17, 15) is 17.2 Å². The summed E-state index contributed by atoms with van der Waals surface area (Å²) >= 11 is 6.13. The van der Waals surface area contributed by atoms with Crippen molar-refractivity contribution in [1.82, 2.24) is 15.0 Å². The van der Waals surface area contributed by atoms with Gasteiger partial charge in [0, 0.05) is 11.8 Å². The zero-order valence-corrected chi connectivity index (χ0v) is 14.7. The number of H-pyrrole nitrogens is 1. The zero-order chi connectivity index (χ0) is 18.4. The molecule has 2 heterocycles. The van der Waals surface area contributed by atoms with Crippen molar-refractivity contribution in [1.29, 1.82) is 0 Å². The van der Waals surface area contributed by atoms with Crippen molar-refractivity contribution < 1.29 is 17.2 Å². The van der Waals surface area contributed by atoms with Crippen molar-refractivity contribution in [2.45, 2.75) is 11.8 Å². The Morgan fingerprint density at radius 1 is 1.20 bits per heavy atom. The smallest absolute Gasteiger partial charge is 0.175 e. The zero-order valence-electron chi connectivity index (χ0n) is 13.1. The van der Waals surface area contributed by atoms with Gasteiger partial charge in [-0.1, -0.05) is 11.6 Å². The average Bonchev–Trinajstić information content (AvgIpc) is 2.88. The fraction of sp³-hybridized carbons (Fsp3) is 0.125. The second-order valence-corrected chi connectivity index (χ2v) is 7.87. The van der Waals surface area contributed by atoms with Crippen LogP contribution in [0.15, 0.2) is 35.4 Å². The minimum Gasteiger partial charge on any atom is -0.327 e. The molecule has 3 aromatic rings. The average molecular weight is 384 g/mol. The number of aromatic amines is 1. The molecule has 0 aliphatic heterocycles. The molecule has 0 aliphatic carbocycles. The van der Waals surface area contributed by atoms with Gasteiger partial charge >= 0.3 is 0 Å². The fourth-order valence-corrected chi connectivity index (χ4v) is 3.32. The molecule has 0 saturated carbocycles. The summed E-state index contributed by atoms with van der Waals surface area (Å²) in [5.74, 6) is -1.02. The number of halogens is 3. The van der Waals surface area contributed by atoms with Gasteiger partial charge in [0.15, 0.2) is 15.7 Å². The van der Waals surface area contributed by atoms with Gasteiger partial charge in [0.25, 0.3) is 0 Å². The van der Waals surface area contributed by atoms with E-state index in [1.807, 2.05) is 0 Å². The Morgan fingerprint density at radius 2 is 1.92 bits per heavy atom.